The first-order valence-corrected chi connectivity index (χ1v) is 5.52. The summed E-state index contributed by atoms with van der Waals surface area (Å²) in [6, 6.07) is 4.90. The molecule has 0 unspecified atom stereocenters. The smallest absolute Gasteiger partial charge is 0.357 e. The van der Waals surface area contributed by atoms with Crippen LogP contribution in [-0.4, -0.2) is 32.8 Å². The average Bonchev–Trinajstić information content (AvgIpc) is 2.65. The Labute approximate surface area is 113 Å². The molecule has 2 rings (SSSR count). The second-order valence-electron chi connectivity index (χ2n) is 3.99. The minimum Gasteiger partial charge on any atom is -0.476 e. The van der Waals surface area contributed by atoms with Gasteiger partial charge in [-0.25, -0.2) is 9.79 Å². The molecule has 0 saturated carbocycles. The van der Waals surface area contributed by atoms with Crippen molar-refractivity contribution in [1.82, 2.24) is 9.78 Å². The average molecular weight is 275 g/mol. The molecule has 20 heavy (non-hydrogen) atoms. The minimum absolute atomic E-state index is 0.0556. The van der Waals surface area contributed by atoms with E-state index in [1.54, 1.807) is 25.2 Å². The molecular weight excluding hydrogens is 262 g/mol. The van der Waals surface area contributed by atoms with Crippen molar-refractivity contribution in [2.75, 3.05) is 0 Å². The van der Waals surface area contributed by atoms with E-state index in [9.17, 15) is 4.79 Å². The lowest BCUT2D eigenvalue weighted by Crippen LogP contribution is -2.26. The van der Waals surface area contributed by atoms with E-state index in [1.807, 2.05) is 0 Å². The number of hydrogen-bond acceptors (Lipinski definition) is 3. The summed E-state index contributed by atoms with van der Waals surface area (Å²) >= 11 is 0. The van der Waals surface area contributed by atoms with Crippen molar-refractivity contribution in [1.29, 1.82) is 0 Å². The third-order valence-corrected chi connectivity index (χ3v) is 2.52. The topological polar surface area (TPSA) is 158 Å². The molecule has 0 atom stereocenters. The van der Waals surface area contributed by atoms with Crippen molar-refractivity contribution in [3.8, 4) is 0 Å². The van der Waals surface area contributed by atoms with Crippen LogP contribution in [0.5, 0.6) is 0 Å². The van der Waals surface area contributed by atoms with Gasteiger partial charge in [-0.15, -0.1) is 0 Å². The fourth-order valence-electron chi connectivity index (χ4n) is 1.77. The van der Waals surface area contributed by atoms with Crippen LogP contribution in [0.25, 0.3) is 10.9 Å². The molecule has 0 fully saturated rings. The molecule has 0 aliphatic heterocycles. The number of carboxylic acid groups (broad SMARTS) is 1. The zero-order valence-electron chi connectivity index (χ0n) is 10.6. The number of aromatic nitrogens is 2. The molecular formula is C11H13N7O2. The van der Waals surface area contributed by atoms with Crippen LogP contribution in [0.2, 0.25) is 0 Å². The summed E-state index contributed by atoms with van der Waals surface area (Å²) in [5, 5.41) is 13.5. The van der Waals surface area contributed by atoms with Gasteiger partial charge in [-0.05, 0) is 18.2 Å². The van der Waals surface area contributed by atoms with Crippen LogP contribution in [0.15, 0.2) is 28.2 Å². The number of rotatable bonds is 2. The number of fused-ring (bicyclic) bond motifs is 1. The lowest BCUT2D eigenvalue weighted by atomic mass is 10.2. The van der Waals surface area contributed by atoms with E-state index >= 15 is 0 Å². The molecule has 1 aromatic heterocycles. The molecule has 2 aromatic rings. The van der Waals surface area contributed by atoms with Gasteiger partial charge in [0.2, 0.25) is 5.96 Å². The quantitative estimate of drug-likeness (QED) is 0.427. The van der Waals surface area contributed by atoms with E-state index in [-0.39, 0.29) is 17.6 Å². The van der Waals surface area contributed by atoms with Crippen molar-refractivity contribution in [2.24, 2.45) is 34.2 Å². The Hall–Kier alpha value is -3.10. The van der Waals surface area contributed by atoms with E-state index < -0.39 is 5.97 Å². The van der Waals surface area contributed by atoms with Crippen molar-refractivity contribution >= 4 is 34.5 Å². The fourth-order valence-corrected chi connectivity index (χ4v) is 1.77. The van der Waals surface area contributed by atoms with Crippen LogP contribution < -0.4 is 17.2 Å². The van der Waals surface area contributed by atoms with Crippen LogP contribution in [0.3, 0.4) is 0 Å². The van der Waals surface area contributed by atoms with E-state index in [2.05, 4.69) is 15.1 Å². The monoisotopic (exact) mass is 275 g/mol. The van der Waals surface area contributed by atoms with Gasteiger partial charge in [0, 0.05) is 12.4 Å². The normalized spacial score (nSPS) is 11.6. The van der Waals surface area contributed by atoms with Gasteiger partial charge in [0.15, 0.2) is 11.7 Å². The Morgan fingerprint density at radius 2 is 2.05 bits per heavy atom. The highest BCUT2D eigenvalue weighted by Crippen LogP contribution is 2.24. The molecule has 0 spiro atoms. The van der Waals surface area contributed by atoms with Gasteiger partial charge >= 0.3 is 5.97 Å². The van der Waals surface area contributed by atoms with Gasteiger partial charge in [0.25, 0.3) is 0 Å². The molecule has 0 radical (unpaired) electrons. The van der Waals surface area contributed by atoms with Gasteiger partial charge < -0.3 is 22.3 Å². The predicted octanol–water partition coefficient (Wildman–Crippen LogP) is -0.509. The minimum atomic E-state index is -1.12. The number of hydrogen-bond donors (Lipinski definition) is 4. The van der Waals surface area contributed by atoms with Crippen LogP contribution in [0, 0.1) is 0 Å². The van der Waals surface area contributed by atoms with Crippen LogP contribution in [-0.2, 0) is 7.05 Å². The van der Waals surface area contributed by atoms with E-state index in [0.717, 1.165) is 0 Å². The summed E-state index contributed by atoms with van der Waals surface area (Å²) in [5.74, 6) is -1.45. The Bertz CT molecular complexity index is 741. The summed E-state index contributed by atoms with van der Waals surface area (Å²) in [7, 11) is 1.66. The fraction of sp³-hybridized carbons (Fsp3) is 0.0909. The van der Waals surface area contributed by atoms with E-state index in [1.165, 1.54) is 4.68 Å². The second kappa shape index (κ2) is 4.88. The standard InChI is InChI=1S/C11H13N7O2/c1-18-7-3-2-5(15-11(14)16-10(12)13)4-6(7)8(17-18)9(19)20/h2-4H,1H3,(H,19,20)(H6,12,13,14,15,16). The van der Waals surface area contributed by atoms with Crippen molar-refractivity contribution in [2.45, 2.75) is 0 Å². The number of carbonyl (C=O) groups is 1. The number of nitrogens with two attached hydrogens (primary N) is 3. The van der Waals surface area contributed by atoms with Crippen LogP contribution >= 0.6 is 0 Å². The number of guanidine groups is 2. The number of aromatic carboxylic acids is 1. The zero-order chi connectivity index (χ0) is 14.9. The van der Waals surface area contributed by atoms with Gasteiger partial charge in [-0.2, -0.15) is 10.1 Å². The van der Waals surface area contributed by atoms with E-state index in [4.69, 9.17) is 22.3 Å². The molecule has 0 aliphatic carbocycles. The highest BCUT2D eigenvalue weighted by atomic mass is 16.4. The summed E-state index contributed by atoms with van der Waals surface area (Å²) < 4.78 is 1.48. The zero-order valence-corrected chi connectivity index (χ0v) is 10.6. The third-order valence-electron chi connectivity index (χ3n) is 2.52. The lowest BCUT2D eigenvalue weighted by molar-refractivity contribution is 0.0691. The molecule has 0 saturated heterocycles. The Morgan fingerprint density at radius 1 is 1.35 bits per heavy atom. The maximum absolute atomic E-state index is 11.1. The van der Waals surface area contributed by atoms with Crippen molar-refractivity contribution in [3.63, 3.8) is 0 Å². The Balaban J connectivity index is 2.56. The van der Waals surface area contributed by atoms with Gasteiger partial charge in [-0.1, -0.05) is 0 Å². The summed E-state index contributed by atoms with van der Waals surface area (Å²) in [4.78, 5) is 18.7. The molecule has 7 N–H and O–H groups in total. The molecule has 0 amide bonds. The first kappa shape index (κ1) is 13.3. The number of carboxylic acids is 1. The van der Waals surface area contributed by atoms with Crippen LogP contribution in [0.1, 0.15) is 10.5 Å². The van der Waals surface area contributed by atoms with E-state index in [0.29, 0.717) is 16.6 Å². The van der Waals surface area contributed by atoms with Crippen molar-refractivity contribution in [3.05, 3.63) is 23.9 Å². The third kappa shape index (κ3) is 2.51. The first-order valence-electron chi connectivity index (χ1n) is 5.52. The summed E-state index contributed by atoms with van der Waals surface area (Å²) in [6.45, 7) is 0. The number of aliphatic imine (C=N–C) groups is 2. The highest BCUT2D eigenvalue weighted by Gasteiger charge is 2.15. The summed E-state index contributed by atoms with van der Waals surface area (Å²) in [6.07, 6.45) is 0. The SMILES string of the molecule is Cn1nc(C(=O)O)c2cc(N=C(N)N=C(N)N)ccc21. The lowest BCUT2D eigenvalue weighted by Gasteiger charge is -1.98. The van der Waals surface area contributed by atoms with Crippen LogP contribution in [0.4, 0.5) is 5.69 Å². The molecule has 0 bridgehead atoms. The molecule has 9 nitrogen and oxygen atoms in total. The molecule has 9 heteroatoms. The largest absolute Gasteiger partial charge is 0.476 e. The maximum Gasteiger partial charge on any atom is 0.357 e. The number of benzene rings is 1. The second-order valence-corrected chi connectivity index (χ2v) is 3.99. The number of nitrogens with zero attached hydrogens (tertiary/aromatic N) is 4. The van der Waals surface area contributed by atoms with Crippen molar-refractivity contribution < 1.29 is 9.90 Å². The first-order chi connectivity index (χ1) is 9.38. The predicted molar refractivity (Wildman–Crippen MR) is 74.8 cm³/mol. The summed E-state index contributed by atoms with van der Waals surface area (Å²) in [5.41, 5.74) is 16.9. The van der Waals surface area contributed by atoms with Gasteiger partial charge in [0.05, 0.1) is 11.2 Å². The molecule has 1 aromatic carbocycles. The Kier molecular flexibility index (Phi) is 3.25. The molecule has 0 aliphatic rings. The van der Waals surface area contributed by atoms with Gasteiger partial charge in [-0.3, -0.25) is 4.68 Å². The number of aryl methyl sites for hydroxylation is 1. The maximum atomic E-state index is 11.1. The molecule has 104 valence electrons. The van der Waals surface area contributed by atoms with Gasteiger partial charge in [0.1, 0.15) is 0 Å². The molecule has 1 heterocycles. The highest BCUT2D eigenvalue weighted by molar-refractivity contribution is 6.02. The Morgan fingerprint density at radius 3 is 2.65 bits per heavy atom.